The zero-order valence-electron chi connectivity index (χ0n) is 11.3. The Bertz CT molecular complexity index is 285. The minimum absolute atomic E-state index is 0.0588. The molecule has 4 aliphatic rings. The summed E-state index contributed by atoms with van der Waals surface area (Å²) in [6.07, 6.45) is 6.53. The third-order valence-corrected chi connectivity index (χ3v) is 5.18. The summed E-state index contributed by atoms with van der Waals surface area (Å²) in [5, 5.41) is 0. The number of esters is 1. The molecular weight excluding hydrogens is 228 g/mol. The van der Waals surface area contributed by atoms with E-state index in [1.807, 2.05) is 6.92 Å². The fraction of sp³-hybridized carbons (Fsp3) is 0.933. The molecule has 0 aromatic rings. The number of hydrogen-bond acceptors (Lipinski definition) is 3. The first-order chi connectivity index (χ1) is 8.78. The Morgan fingerprint density at radius 3 is 2.17 bits per heavy atom. The van der Waals surface area contributed by atoms with Gasteiger partial charge in [0.05, 0.1) is 12.5 Å². The number of ether oxygens (including phenoxy) is 2. The molecule has 0 aromatic heterocycles. The van der Waals surface area contributed by atoms with Crippen LogP contribution in [0.1, 0.15) is 39.0 Å². The Labute approximate surface area is 109 Å². The summed E-state index contributed by atoms with van der Waals surface area (Å²) < 4.78 is 10.6. The van der Waals surface area contributed by atoms with Crippen LogP contribution in [0.15, 0.2) is 0 Å². The normalized spacial score (nSPS) is 41.1. The topological polar surface area (TPSA) is 35.5 Å². The molecule has 3 nitrogen and oxygen atoms in total. The lowest BCUT2D eigenvalue weighted by molar-refractivity contribution is -0.163. The zero-order valence-corrected chi connectivity index (χ0v) is 11.3. The van der Waals surface area contributed by atoms with Gasteiger partial charge in [0, 0.05) is 6.61 Å². The molecule has 0 atom stereocenters. The SMILES string of the molecule is CCOCCOC(=O)C1C2CC3CC(C2)CC1C3. The Balaban J connectivity index is 1.54. The second-order valence-electron chi connectivity index (χ2n) is 6.32. The van der Waals surface area contributed by atoms with E-state index < -0.39 is 0 Å². The van der Waals surface area contributed by atoms with Crippen LogP contribution in [-0.4, -0.2) is 25.8 Å². The van der Waals surface area contributed by atoms with Crippen molar-refractivity contribution in [1.29, 1.82) is 0 Å². The lowest BCUT2D eigenvalue weighted by Gasteiger charge is -2.53. The monoisotopic (exact) mass is 252 g/mol. The van der Waals surface area contributed by atoms with Gasteiger partial charge in [0.15, 0.2) is 0 Å². The molecule has 3 heteroatoms. The van der Waals surface area contributed by atoms with Crippen LogP contribution in [0.2, 0.25) is 0 Å². The van der Waals surface area contributed by atoms with Crippen LogP contribution in [0.4, 0.5) is 0 Å². The van der Waals surface area contributed by atoms with E-state index in [0.29, 0.717) is 31.7 Å². The molecule has 0 radical (unpaired) electrons. The summed E-state index contributed by atoms with van der Waals surface area (Å²) in [5.41, 5.74) is 0. The predicted octanol–water partition coefficient (Wildman–Crippen LogP) is 2.64. The fourth-order valence-corrected chi connectivity index (χ4v) is 4.75. The average Bonchev–Trinajstić information content (AvgIpc) is 2.33. The highest BCUT2D eigenvalue weighted by Crippen LogP contribution is 2.56. The molecule has 4 bridgehead atoms. The largest absolute Gasteiger partial charge is 0.463 e. The highest BCUT2D eigenvalue weighted by molar-refractivity contribution is 5.73. The smallest absolute Gasteiger partial charge is 0.309 e. The number of carbonyl (C=O) groups excluding carboxylic acids is 1. The maximum atomic E-state index is 12.2. The van der Waals surface area contributed by atoms with Crippen molar-refractivity contribution in [2.45, 2.75) is 39.0 Å². The van der Waals surface area contributed by atoms with Gasteiger partial charge in [0.25, 0.3) is 0 Å². The van der Waals surface area contributed by atoms with E-state index in [1.54, 1.807) is 0 Å². The van der Waals surface area contributed by atoms with Crippen LogP contribution in [-0.2, 0) is 14.3 Å². The summed E-state index contributed by atoms with van der Waals surface area (Å²) in [6, 6.07) is 0. The van der Waals surface area contributed by atoms with Gasteiger partial charge < -0.3 is 9.47 Å². The lowest BCUT2D eigenvalue weighted by Crippen LogP contribution is -2.48. The van der Waals surface area contributed by atoms with Gasteiger partial charge >= 0.3 is 5.97 Å². The van der Waals surface area contributed by atoms with E-state index in [4.69, 9.17) is 9.47 Å². The molecule has 0 aromatic carbocycles. The van der Waals surface area contributed by atoms with Crippen molar-refractivity contribution in [3.8, 4) is 0 Å². The van der Waals surface area contributed by atoms with Gasteiger partial charge in [-0.25, -0.2) is 0 Å². The van der Waals surface area contributed by atoms with Crippen LogP contribution in [0.5, 0.6) is 0 Å². The summed E-state index contributed by atoms with van der Waals surface area (Å²) in [7, 11) is 0. The quantitative estimate of drug-likeness (QED) is 0.557. The fourth-order valence-electron chi connectivity index (χ4n) is 4.75. The van der Waals surface area contributed by atoms with Gasteiger partial charge in [0.1, 0.15) is 6.61 Å². The Hall–Kier alpha value is -0.570. The Kier molecular flexibility index (Phi) is 3.60. The van der Waals surface area contributed by atoms with Crippen LogP contribution in [0.25, 0.3) is 0 Å². The predicted molar refractivity (Wildman–Crippen MR) is 68.0 cm³/mol. The molecule has 4 fully saturated rings. The van der Waals surface area contributed by atoms with Crippen molar-refractivity contribution < 1.29 is 14.3 Å². The maximum Gasteiger partial charge on any atom is 0.309 e. The molecule has 0 N–H and O–H groups in total. The van der Waals surface area contributed by atoms with Crippen molar-refractivity contribution in [3.63, 3.8) is 0 Å². The second kappa shape index (κ2) is 5.20. The Morgan fingerprint density at radius 2 is 1.61 bits per heavy atom. The molecule has 4 saturated carbocycles. The first-order valence-corrected chi connectivity index (χ1v) is 7.52. The van der Waals surface area contributed by atoms with Gasteiger partial charge in [-0.3, -0.25) is 4.79 Å². The van der Waals surface area contributed by atoms with Crippen LogP contribution < -0.4 is 0 Å². The average molecular weight is 252 g/mol. The van der Waals surface area contributed by atoms with Crippen molar-refractivity contribution in [1.82, 2.24) is 0 Å². The summed E-state index contributed by atoms with van der Waals surface area (Å²) in [4.78, 5) is 12.2. The van der Waals surface area contributed by atoms with Crippen molar-refractivity contribution in [2.75, 3.05) is 19.8 Å². The number of carbonyl (C=O) groups is 1. The lowest BCUT2D eigenvalue weighted by atomic mass is 9.52. The van der Waals surface area contributed by atoms with Gasteiger partial charge in [-0.15, -0.1) is 0 Å². The van der Waals surface area contributed by atoms with Gasteiger partial charge in [-0.1, -0.05) is 0 Å². The first kappa shape index (κ1) is 12.5. The molecule has 0 aliphatic heterocycles. The third kappa shape index (κ3) is 2.29. The Morgan fingerprint density at radius 1 is 1.00 bits per heavy atom. The first-order valence-electron chi connectivity index (χ1n) is 7.52. The maximum absolute atomic E-state index is 12.2. The highest BCUT2D eigenvalue weighted by atomic mass is 16.6. The molecule has 0 spiro atoms. The standard InChI is InChI=1S/C15H24O3/c1-2-17-3-4-18-15(16)14-12-6-10-5-11(8-12)9-13(14)7-10/h10-14H,2-9H2,1H3. The van der Waals surface area contributed by atoms with Gasteiger partial charge in [-0.05, 0) is 62.7 Å². The molecule has 4 aliphatic carbocycles. The number of rotatable bonds is 5. The van der Waals surface area contributed by atoms with E-state index in [2.05, 4.69) is 0 Å². The molecule has 0 saturated heterocycles. The van der Waals surface area contributed by atoms with E-state index >= 15 is 0 Å². The molecule has 0 amide bonds. The van der Waals surface area contributed by atoms with Crippen LogP contribution in [0, 0.1) is 29.6 Å². The minimum Gasteiger partial charge on any atom is -0.463 e. The molecule has 102 valence electrons. The van der Waals surface area contributed by atoms with E-state index in [0.717, 1.165) is 11.8 Å². The van der Waals surface area contributed by atoms with E-state index in [1.165, 1.54) is 32.1 Å². The zero-order chi connectivity index (χ0) is 12.5. The highest BCUT2D eigenvalue weighted by Gasteiger charge is 2.51. The molecular formula is C15H24O3. The van der Waals surface area contributed by atoms with Crippen molar-refractivity contribution in [3.05, 3.63) is 0 Å². The molecule has 0 heterocycles. The van der Waals surface area contributed by atoms with Gasteiger partial charge in [0.2, 0.25) is 0 Å². The third-order valence-electron chi connectivity index (χ3n) is 5.18. The summed E-state index contributed by atoms with van der Waals surface area (Å²) in [5.74, 6) is 3.35. The van der Waals surface area contributed by atoms with Crippen molar-refractivity contribution >= 4 is 5.97 Å². The van der Waals surface area contributed by atoms with Crippen LogP contribution >= 0.6 is 0 Å². The number of hydrogen-bond donors (Lipinski definition) is 0. The molecule has 18 heavy (non-hydrogen) atoms. The molecule has 0 unspecified atom stereocenters. The molecule has 4 rings (SSSR count). The minimum atomic E-state index is 0.0588. The second-order valence-corrected chi connectivity index (χ2v) is 6.32. The summed E-state index contributed by atoms with van der Waals surface area (Å²) >= 11 is 0. The van der Waals surface area contributed by atoms with E-state index in [9.17, 15) is 4.79 Å². The van der Waals surface area contributed by atoms with Crippen LogP contribution in [0.3, 0.4) is 0 Å². The van der Waals surface area contributed by atoms with E-state index in [-0.39, 0.29) is 11.9 Å². The summed E-state index contributed by atoms with van der Waals surface area (Å²) in [6.45, 7) is 3.61. The van der Waals surface area contributed by atoms with Gasteiger partial charge in [-0.2, -0.15) is 0 Å². The van der Waals surface area contributed by atoms with Crippen molar-refractivity contribution in [2.24, 2.45) is 29.6 Å².